The zero-order valence-electron chi connectivity index (χ0n) is 12.1. The third kappa shape index (κ3) is 3.10. The van der Waals surface area contributed by atoms with E-state index < -0.39 is 0 Å². The van der Waals surface area contributed by atoms with Crippen LogP contribution in [-0.4, -0.2) is 7.11 Å². The van der Waals surface area contributed by atoms with Gasteiger partial charge in [-0.3, -0.25) is 0 Å². The molecule has 0 aliphatic heterocycles. The van der Waals surface area contributed by atoms with Crippen molar-refractivity contribution >= 4 is 5.69 Å². The van der Waals surface area contributed by atoms with Gasteiger partial charge in [-0.05, 0) is 37.1 Å². The molecule has 0 amide bonds. The first kappa shape index (κ1) is 14.4. The summed E-state index contributed by atoms with van der Waals surface area (Å²) in [6, 6.07) is 12.8. The van der Waals surface area contributed by atoms with Crippen molar-refractivity contribution in [3.05, 3.63) is 59.4 Å². The monoisotopic (exact) mass is 273 g/mol. The number of aryl methyl sites for hydroxylation is 1. The number of para-hydroxylation sites is 1. The van der Waals surface area contributed by atoms with Crippen LogP contribution >= 0.6 is 0 Å². The van der Waals surface area contributed by atoms with Crippen molar-refractivity contribution in [3.63, 3.8) is 0 Å². The van der Waals surface area contributed by atoms with Gasteiger partial charge in [0.2, 0.25) is 0 Å². The van der Waals surface area contributed by atoms with E-state index >= 15 is 0 Å². The Balaban J connectivity index is 2.31. The van der Waals surface area contributed by atoms with Crippen molar-refractivity contribution in [3.8, 4) is 5.75 Å². The summed E-state index contributed by atoms with van der Waals surface area (Å²) in [7, 11) is 1.67. The van der Waals surface area contributed by atoms with Gasteiger partial charge in [-0.1, -0.05) is 31.2 Å². The lowest BCUT2D eigenvalue weighted by Crippen LogP contribution is -2.12. The van der Waals surface area contributed by atoms with Gasteiger partial charge in [0.15, 0.2) is 0 Å². The summed E-state index contributed by atoms with van der Waals surface area (Å²) >= 11 is 0. The van der Waals surface area contributed by atoms with E-state index in [2.05, 4.69) is 12.2 Å². The molecule has 106 valence electrons. The number of halogens is 1. The van der Waals surface area contributed by atoms with E-state index in [0.717, 1.165) is 29.0 Å². The van der Waals surface area contributed by atoms with Crippen LogP contribution in [0.3, 0.4) is 0 Å². The Bertz CT molecular complexity index is 583. The van der Waals surface area contributed by atoms with Crippen LogP contribution in [0.25, 0.3) is 0 Å². The van der Waals surface area contributed by atoms with Crippen molar-refractivity contribution in [1.29, 1.82) is 0 Å². The topological polar surface area (TPSA) is 21.3 Å². The van der Waals surface area contributed by atoms with Gasteiger partial charge in [0.1, 0.15) is 11.6 Å². The van der Waals surface area contributed by atoms with Crippen molar-refractivity contribution < 1.29 is 9.13 Å². The number of hydrogen-bond acceptors (Lipinski definition) is 2. The van der Waals surface area contributed by atoms with Gasteiger partial charge >= 0.3 is 0 Å². The fourth-order valence-corrected chi connectivity index (χ4v) is 2.29. The molecule has 2 aromatic carbocycles. The average Bonchev–Trinajstić information content (AvgIpc) is 2.48. The predicted molar refractivity (Wildman–Crippen MR) is 80.8 cm³/mol. The largest absolute Gasteiger partial charge is 0.496 e. The second-order valence-electron chi connectivity index (χ2n) is 4.81. The van der Waals surface area contributed by atoms with Crippen LogP contribution in [0.15, 0.2) is 42.5 Å². The van der Waals surface area contributed by atoms with E-state index in [1.54, 1.807) is 13.2 Å². The van der Waals surface area contributed by atoms with Crippen LogP contribution in [0, 0.1) is 12.7 Å². The number of benzene rings is 2. The minimum atomic E-state index is -0.229. The standard InChI is InChI=1S/C17H20FNO/c1-4-15(14-7-5-6-8-17(14)20-3)19-16-11-13(18)10-9-12(16)2/h5-11,15,19H,4H2,1-3H3. The average molecular weight is 273 g/mol. The lowest BCUT2D eigenvalue weighted by atomic mass is 10.0. The molecule has 3 heteroatoms. The van der Waals surface area contributed by atoms with Crippen LogP contribution in [0.1, 0.15) is 30.5 Å². The highest BCUT2D eigenvalue weighted by molar-refractivity contribution is 5.53. The molecule has 0 radical (unpaired) electrons. The molecule has 0 heterocycles. The molecule has 20 heavy (non-hydrogen) atoms. The van der Waals surface area contributed by atoms with Crippen LogP contribution in [0.4, 0.5) is 10.1 Å². The first-order chi connectivity index (χ1) is 9.65. The lowest BCUT2D eigenvalue weighted by Gasteiger charge is -2.22. The van der Waals surface area contributed by atoms with E-state index in [0.29, 0.717) is 0 Å². The van der Waals surface area contributed by atoms with Crippen molar-refractivity contribution in [2.24, 2.45) is 0 Å². The summed E-state index contributed by atoms with van der Waals surface area (Å²) in [5.41, 5.74) is 2.93. The molecule has 0 aliphatic rings. The number of ether oxygens (including phenoxy) is 1. The highest BCUT2D eigenvalue weighted by Crippen LogP contribution is 2.31. The maximum absolute atomic E-state index is 13.4. The second kappa shape index (κ2) is 6.42. The molecule has 0 aromatic heterocycles. The van der Waals surface area contributed by atoms with Crippen LogP contribution in [-0.2, 0) is 0 Å². The predicted octanol–water partition coefficient (Wildman–Crippen LogP) is 4.71. The van der Waals surface area contributed by atoms with Crippen LogP contribution < -0.4 is 10.1 Å². The maximum Gasteiger partial charge on any atom is 0.125 e. The summed E-state index contributed by atoms with van der Waals surface area (Å²) in [5.74, 6) is 0.619. The fraction of sp³-hybridized carbons (Fsp3) is 0.294. The smallest absolute Gasteiger partial charge is 0.125 e. The second-order valence-corrected chi connectivity index (χ2v) is 4.81. The Morgan fingerprint density at radius 1 is 1.20 bits per heavy atom. The number of methoxy groups -OCH3 is 1. The summed E-state index contributed by atoms with van der Waals surface area (Å²) in [6.07, 6.45) is 0.885. The summed E-state index contributed by atoms with van der Waals surface area (Å²) < 4.78 is 18.8. The normalized spacial score (nSPS) is 12.0. The maximum atomic E-state index is 13.4. The Hall–Kier alpha value is -2.03. The molecule has 0 saturated carbocycles. The fourth-order valence-electron chi connectivity index (χ4n) is 2.29. The first-order valence-corrected chi connectivity index (χ1v) is 6.81. The van der Waals surface area contributed by atoms with Crippen LogP contribution in [0.5, 0.6) is 5.75 Å². The highest BCUT2D eigenvalue weighted by Gasteiger charge is 2.14. The van der Waals surface area contributed by atoms with Gasteiger partial charge in [-0.15, -0.1) is 0 Å². The zero-order chi connectivity index (χ0) is 14.5. The third-order valence-corrected chi connectivity index (χ3v) is 3.45. The van der Waals surface area contributed by atoms with E-state index in [4.69, 9.17) is 4.74 Å². The molecular weight excluding hydrogens is 253 g/mol. The van der Waals surface area contributed by atoms with Crippen LogP contribution in [0.2, 0.25) is 0 Å². The molecular formula is C17H20FNO. The van der Waals surface area contributed by atoms with Gasteiger partial charge < -0.3 is 10.1 Å². The zero-order valence-corrected chi connectivity index (χ0v) is 12.1. The van der Waals surface area contributed by atoms with E-state index in [-0.39, 0.29) is 11.9 Å². The minimum Gasteiger partial charge on any atom is -0.496 e. The summed E-state index contributed by atoms with van der Waals surface area (Å²) in [4.78, 5) is 0. The van der Waals surface area contributed by atoms with Crippen molar-refractivity contribution in [1.82, 2.24) is 0 Å². The van der Waals surface area contributed by atoms with Gasteiger partial charge in [0.05, 0.1) is 13.2 Å². The van der Waals surface area contributed by atoms with Gasteiger partial charge in [-0.2, -0.15) is 0 Å². The van der Waals surface area contributed by atoms with E-state index in [1.807, 2.05) is 31.2 Å². The molecule has 1 N–H and O–H groups in total. The van der Waals surface area contributed by atoms with E-state index in [9.17, 15) is 4.39 Å². The molecule has 0 bridgehead atoms. The molecule has 0 spiro atoms. The molecule has 2 aromatic rings. The Kier molecular flexibility index (Phi) is 4.61. The minimum absolute atomic E-state index is 0.0895. The molecule has 0 aliphatic carbocycles. The van der Waals surface area contributed by atoms with Gasteiger partial charge in [0, 0.05) is 11.3 Å². The first-order valence-electron chi connectivity index (χ1n) is 6.81. The number of nitrogens with one attached hydrogen (secondary N) is 1. The Morgan fingerprint density at radius 3 is 2.65 bits per heavy atom. The third-order valence-electron chi connectivity index (χ3n) is 3.45. The Labute approximate surface area is 119 Å². The van der Waals surface area contributed by atoms with Gasteiger partial charge in [0.25, 0.3) is 0 Å². The summed E-state index contributed by atoms with van der Waals surface area (Å²) in [5, 5.41) is 3.41. The number of rotatable bonds is 5. The lowest BCUT2D eigenvalue weighted by molar-refractivity contribution is 0.406. The molecule has 0 fully saturated rings. The molecule has 2 rings (SSSR count). The number of anilines is 1. The Morgan fingerprint density at radius 2 is 1.95 bits per heavy atom. The van der Waals surface area contributed by atoms with Gasteiger partial charge in [-0.25, -0.2) is 4.39 Å². The van der Waals surface area contributed by atoms with E-state index in [1.165, 1.54) is 12.1 Å². The summed E-state index contributed by atoms with van der Waals surface area (Å²) in [6.45, 7) is 4.06. The van der Waals surface area contributed by atoms with Crippen molar-refractivity contribution in [2.45, 2.75) is 26.3 Å². The molecule has 0 saturated heterocycles. The highest BCUT2D eigenvalue weighted by atomic mass is 19.1. The quantitative estimate of drug-likeness (QED) is 0.852. The molecule has 2 nitrogen and oxygen atoms in total. The SMILES string of the molecule is CCC(Nc1cc(F)ccc1C)c1ccccc1OC. The molecule has 1 unspecified atom stereocenters. The number of hydrogen-bond donors (Lipinski definition) is 1. The molecule has 1 atom stereocenters. The van der Waals surface area contributed by atoms with Crippen molar-refractivity contribution in [2.75, 3.05) is 12.4 Å².